The van der Waals surface area contributed by atoms with Crippen LogP contribution in [0.4, 0.5) is 5.69 Å². The molecule has 1 N–H and O–H groups in total. The van der Waals surface area contributed by atoms with Crippen LogP contribution >= 0.6 is 0 Å². The van der Waals surface area contributed by atoms with Crippen molar-refractivity contribution in [3.63, 3.8) is 0 Å². The summed E-state index contributed by atoms with van der Waals surface area (Å²) in [6.45, 7) is 11.0. The summed E-state index contributed by atoms with van der Waals surface area (Å²) in [5.41, 5.74) is 2.48. The molecule has 1 aliphatic heterocycles. The summed E-state index contributed by atoms with van der Waals surface area (Å²) < 4.78 is 0. The second kappa shape index (κ2) is 6.38. The van der Waals surface area contributed by atoms with Gasteiger partial charge in [-0.25, -0.2) is 0 Å². The summed E-state index contributed by atoms with van der Waals surface area (Å²) in [5, 5.41) is 3.43. The van der Waals surface area contributed by atoms with Crippen LogP contribution in [0.5, 0.6) is 0 Å². The van der Waals surface area contributed by atoms with Gasteiger partial charge in [0, 0.05) is 37.1 Å². The number of pyridine rings is 1. The van der Waals surface area contributed by atoms with Crippen molar-refractivity contribution >= 4 is 5.69 Å². The van der Waals surface area contributed by atoms with E-state index in [0.29, 0.717) is 18.0 Å². The zero-order chi connectivity index (χ0) is 13.8. The van der Waals surface area contributed by atoms with Crippen LogP contribution in [-0.2, 0) is 6.54 Å². The Morgan fingerprint density at radius 1 is 1.37 bits per heavy atom. The highest BCUT2D eigenvalue weighted by Gasteiger charge is 2.27. The number of nitrogens with one attached hydrogen (secondary N) is 1. The van der Waals surface area contributed by atoms with E-state index in [-0.39, 0.29) is 0 Å². The zero-order valence-electron chi connectivity index (χ0n) is 12.7. The lowest BCUT2D eigenvalue weighted by molar-refractivity contribution is 0.491. The van der Waals surface area contributed by atoms with Crippen LogP contribution in [0, 0.1) is 5.92 Å². The predicted octanol–water partition coefficient (Wildman–Crippen LogP) is 3.20. The zero-order valence-corrected chi connectivity index (χ0v) is 12.7. The Kier molecular flexibility index (Phi) is 4.81. The molecule has 1 atom stereocenters. The molecule has 3 heteroatoms. The third kappa shape index (κ3) is 3.69. The number of rotatable bonds is 5. The Balaban J connectivity index is 2.09. The third-order valence-corrected chi connectivity index (χ3v) is 3.89. The fraction of sp³-hybridized carbons (Fsp3) is 0.688. The fourth-order valence-electron chi connectivity index (χ4n) is 2.86. The van der Waals surface area contributed by atoms with Gasteiger partial charge in [0.1, 0.15) is 0 Å². The molecule has 0 bridgehead atoms. The molecule has 0 radical (unpaired) electrons. The van der Waals surface area contributed by atoms with Gasteiger partial charge in [0.15, 0.2) is 0 Å². The predicted molar refractivity (Wildman–Crippen MR) is 81.4 cm³/mol. The number of anilines is 1. The highest BCUT2D eigenvalue weighted by atomic mass is 15.2. The Bertz CT molecular complexity index is 401. The van der Waals surface area contributed by atoms with Crippen LogP contribution in [0.1, 0.15) is 46.2 Å². The standard InChI is InChI=1S/C16H27N3/c1-12(2)16-6-5-9-19(16)15-7-8-17-14(10-15)11-18-13(3)4/h7-8,10,12-13,16,18H,5-6,9,11H2,1-4H3. The van der Waals surface area contributed by atoms with Crippen LogP contribution in [0.2, 0.25) is 0 Å². The van der Waals surface area contributed by atoms with Gasteiger partial charge >= 0.3 is 0 Å². The summed E-state index contributed by atoms with van der Waals surface area (Å²) >= 11 is 0. The van der Waals surface area contributed by atoms with Crippen molar-refractivity contribution in [2.24, 2.45) is 5.92 Å². The first kappa shape index (κ1) is 14.3. The molecule has 1 saturated heterocycles. The first-order chi connectivity index (χ1) is 9.08. The van der Waals surface area contributed by atoms with Crippen molar-refractivity contribution in [2.45, 2.75) is 59.2 Å². The Morgan fingerprint density at radius 2 is 2.16 bits per heavy atom. The van der Waals surface area contributed by atoms with E-state index >= 15 is 0 Å². The lowest BCUT2D eigenvalue weighted by Gasteiger charge is -2.30. The number of hydrogen-bond donors (Lipinski definition) is 1. The monoisotopic (exact) mass is 261 g/mol. The van der Waals surface area contributed by atoms with Crippen molar-refractivity contribution in [3.05, 3.63) is 24.0 Å². The quantitative estimate of drug-likeness (QED) is 0.882. The summed E-state index contributed by atoms with van der Waals surface area (Å²) in [7, 11) is 0. The highest BCUT2D eigenvalue weighted by Crippen LogP contribution is 2.29. The van der Waals surface area contributed by atoms with E-state index in [1.54, 1.807) is 0 Å². The molecule has 3 nitrogen and oxygen atoms in total. The maximum Gasteiger partial charge on any atom is 0.0562 e. The highest BCUT2D eigenvalue weighted by molar-refractivity contribution is 5.48. The summed E-state index contributed by atoms with van der Waals surface area (Å²) in [5.74, 6) is 0.716. The second-order valence-corrected chi connectivity index (χ2v) is 6.19. The minimum absolute atomic E-state index is 0.501. The third-order valence-electron chi connectivity index (χ3n) is 3.89. The normalized spacial score (nSPS) is 19.7. The molecular formula is C16H27N3. The molecule has 1 unspecified atom stereocenters. The van der Waals surface area contributed by atoms with Crippen molar-refractivity contribution in [3.8, 4) is 0 Å². The molecule has 1 fully saturated rings. The molecule has 0 spiro atoms. The van der Waals surface area contributed by atoms with Gasteiger partial charge in [-0.2, -0.15) is 0 Å². The van der Waals surface area contributed by atoms with Crippen LogP contribution in [0.25, 0.3) is 0 Å². The average Bonchev–Trinajstić information content (AvgIpc) is 2.86. The molecule has 0 aromatic carbocycles. The van der Waals surface area contributed by atoms with Gasteiger partial charge < -0.3 is 10.2 Å². The largest absolute Gasteiger partial charge is 0.368 e. The average molecular weight is 261 g/mol. The molecule has 106 valence electrons. The SMILES string of the molecule is CC(C)NCc1cc(N2CCCC2C(C)C)ccn1. The van der Waals surface area contributed by atoms with Gasteiger partial charge in [-0.05, 0) is 30.9 Å². The Hall–Kier alpha value is -1.09. The number of hydrogen-bond acceptors (Lipinski definition) is 3. The Labute approximate surface area is 117 Å². The van der Waals surface area contributed by atoms with E-state index < -0.39 is 0 Å². The first-order valence-corrected chi connectivity index (χ1v) is 7.53. The second-order valence-electron chi connectivity index (χ2n) is 6.19. The lowest BCUT2D eigenvalue weighted by Crippen LogP contribution is -2.33. The maximum atomic E-state index is 4.46. The van der Waals surface area contributed by atoms with Crippen LogP contribution in [0.15, 0.2) is 18.3 Å². The minimum Gasteiger partial charge on any atom is -0.368 e. The smallest absolute Gasteiger partial charge is 0.0562 e. The van der Waals surface area contributed by atoms with Crippen LogP contribution < -0.4 is 10.2 Å². The molecule has 0 saturated carbocycles. The van der Waals surface area contributed by atoms with E-state index in [1.165, 1.54) is 25.1 Å². The van der Waals surface area contributed by atoms with Crippen LogP contribution in [0.3, 0.4) is 0 Å². The van der Waals surface area contributed by atoms with Gasteiger partial charge in [0.05, 0.1) is 5.69 Å². The minimum atomic E-state index is 0.501. The van der Waals surface area contributed by atoms with Crippen molar-refractivity contribution in [2.75, 3.05) is 11.4 Å². The van der Waals surface area contributed by atoms with Crippen molar-refractivity contribution in [1.29, 1.82) is 0 Å². The summed E-state index contributed by atoms with van der Waals surface area (Å²) in [6.07, 6.45) is 4.58. The molecule has 1 aliphatic rings. The molecule has 1 aromatic rings. The molecule has 1 aromatic heterocycles. The lowest BCUT2D eigenvalue weighted by atomic mass is 10.0. The Morgan fingerprint density at radius 3 is 2.84 bits per heavy atom. The van der Waals surface area contributed by atoms with Gasteiger partial charge in [-0.15, -0.1) is 0 Å². The molecular weight excluding hydrogens is 234 g/mol. The molecule has 19 heavy (non-hydrogen) atoms. The van der Waals surface area contributed by atoms with Crippen molar-refractivity contribution in [1.82, 2.24) is 10.3 Å². The molecule has 0 amide bonds. The van der Waals surface area contributed by atoms with E-state index in [9.17, 15) is 0 Å². The molecule has 0 aliphatic carbocycles. The first-order valence-electron chi connectivity index (χ1n) is 7.53. The summed E-state index contributed by atoms with van der Waals surface area (Å²) in [4.78, 5) is 7.02. The fourth-order valence-corrected chi connectivity index (χ4v) is 2.86. The van der Waals surface area contributed by atoms with E-state index in [0.717, 1.165) is 12.2 Å². The molecule has 2 rings (SSSR count). The van der Waals surface area contributed by atoms with Crippen LogP contribution in [-0.4, -0.2) is 23.6 Å². The van der Waals surface area contributed by atoms with E-state index in [2.05, 4.69) is 55.0 Å². The van der Waals surface area contributed by atoms with Gasteiger partial charge in [-0.3, -0.25) is 4.98 Å². The van der Waals surface area contributed by atoms with Gasteiger partial charge in [0.2, 0.25) is 0 Å². The number of aromatic nitrogens is 1. The maximum absolute atomic E-state index is 4.46. The topological polar surface area (TPSA) is 28.2 Å². The van der Waals surface area contributed by atoms with Gasteiger partial charge in [0.25, 0.3) is 0 Å². The van der Waals surface area contributed by atoms with E-state index in [4.69, 9.17) is 0 Å². The summed E-state index contributed by atoms with van der Waals surface area (Å²) in [6, 6.07) is 5.59. The van der Waals surface area contributed by atoms with E-state index in [1.807, 2.05) is 6.20 Å². The van der Waals surface area contributed by atoms with Gasteiger partial charge in [-0.1, -0.05) is 27.7 Å². The van der Waals surface area contributed by atoms with Crippen molar-refractivity contribution < 1.29 is 0 Å². The molecule has 2 heterocycles. The number of nitrogens with zero attached hydrogens (tertiary/aromatic N) is 2.